The molecule has 0 atom stereocenters. The van der Waals surface area contributed by atoms with Crippen molar-refractivity contribution in [3.63, 3.8) is 0 Å². The van der Waals surface area contributed by atoms with E-state index >= 15 is 0 Å². The molecule has 0 bridgehead atoms. The zero-order valence-electron chi connectivity index (χ0n) is 17.2. The van der Waals surface area contributed by atoms with E-state index in [-0.39, 0.29) is 5.91 Å². The van der Waals surface area contributed by atoms with Crippen LogP contribution in [0.3, 0.4) is 0 Å². The molecule has 1 aliphatic heterocycles. The van der Waals surface area contributed by atoms with Crippen LogP contribution < -0.4 is 15.0 Å². The minimum Gasteiger partial charge on any atom is -0.494 e. The number of carbonyl (C=O) groups is 1. The lowest BCUT2D eigenvalue weighted by Crippen LogP contribution is -2.44. The number of nitrogens with one attached hydrogen (secondary N) is 1. The summed E-state index contributed by atoms with van der Waals surface area (Å²) in [4.78, 5) is 17.7. The van der Waals surface area contributed by atoms with Crippen molar-refractivity contribution < 1.29 is 13.9 Å². The first-order chi connectivity index (χ1) is 14.1. The van der Waals surface area contributed by atoms with Crippen LogP contribution in [-0.2, 0) is 0 Å². The zero-order valence-corrected chi connectivity index (χ0v) is 17.2. The Balaban J connectivity index is 1.59. The molecule has 0 aliphatic carbocycles. The number of hydrogen-bond acceptors (Lipinski definition) is 5. The SMILES string of the molecule is CCOc1ccc2oc(C(=O)Nc3ccccc3N3CCN(C)CC3)c(C)c2c1. The van der Waals surface area contributed by atoms with Crippen LogP contribution in [0.15, 0.2) is 46.9 Å². The normalized spacial score (nSPS) is 14.9. The second-order valence-electron chi connectivity index (χ2n) is 7.41. The van der Waals surface area contributed by atoms with E-state index in [2.05, 4.69) is 28.2 Å². The van der Waals surface area contributed by atoms with Gasteiger partial charge in [-0.1, -0.05) is 12.1 Å². The summed E-state index contributed by atoms with van der Waals surface area (Å²) in [5.74, 6) is 0.872. The molecule has 0 spiro atoms. The number of hydrogen-bond donors (Lipinski definition) is 1. The highest BCUT2D eigenvalue weighted by atomic mass is 16.5. The Morgan fingerprint density at radius 1 is 1.14 bits per heavy atom. The maximum Gasteiger partial charge on any atom is 0.291 e. The van der Waals surface area contributed by atoms with Crippen LogP contribution in [0.1, 0.15) is 23.0 Å². The number of piperazine rings is 1. The number of nitrogens with zero attached hydrogens (tertiary/aromatic N) is 2. The van der Waals surface area contributed by atoms with Gasteiger partial charge in [-0.15, -0.1) is 0 Å². The van der Waals surface area contributed by atoms with Gasteiger partial charge in [-0.05, 0) is 51.2 Å². The maximum absolute atomic E-state index is 13.0. The number of amides is 1. The topological polar surface area (TPSA) is 58.0 Å². The minimum absolute atomic E-state index is 0.238. The molecule has 3 aromatic rings. The van der Waals surface area contributed by atoms with E-state index in [1.807, 2.05) is 50.2 Å². The standard InChI is InChI=1S/C23H27N3O3/c1-4-28-17-9-10-21-18(15-17)16(2)22(29-21)23(27)24-19-7-5-6-8-20(19)26-13-11-25(3)12-14-26/h5-10,15H,4,11-14H2,1-3H3,(H,24,27). The Morgan fingerprint density at radius 2 is 1.90 bits per heavy atom. The summed E-state index contributed by atoms with van der Waals surface area (Å²) >= 11 is 0. The molecule has 6 heteroatoms. The molecular weight excluding hydrogens is 366 g/mol. The molecule has 6 nitrogen and oxygen atoms in total. The number of likely N-dealkylation sites (N-methyl/N-ethyl adjacent to an activating group) is 1. The van der Waals surface area contributed by atoms with Crippen LogP contribution >= 0.6 is 0 Å². The number of benzene rings is 2. The van der Waals surface area contributed by atoms with E-state index in [0.29, 0.717) is 18.0 Å². The van der Waals surface area contributed by atoms with Gasteiger partial charge in [0.15, 0.2) is 5.76 Å². The van der Waals surface area contributed by atoms with Crippen LogP contribution in [0.25, 0.3) is 11.0 Å². The maximum atomic E-state index is 13.0. The van der Waals surface area contributed by atoms with Crippen LogP contribution in [0.2, 0.25) is 0 Å². The fraction of sp³-hybridized carbons (Fsp3) is 0.348. The minimum atomic E-state index is -0.238. The molecule has 1 saturated heterocycles. The first-order valence-electron chi connectivity index (χ1n) is 10.1. The molecular formula is C23H27N3O3. The quantitative estimate of drug-likeness (QED) is 0.706. The molecule has 0 saturated carbocycles. The van der Waals surface area contributed by atoms with Gasteiger partial charge in [-0.3, -0.25) is 4.79 Å². The Labute approximate surface area is 171 Å². The smallest absolute Gasteiger partial charge is 0.291 e. The highest BCUT2D eigenvalue weighted by molar-refractivity contribution is 6.07. The molecule has 152 valence electrons. The summed E-state index contributed by atoms with van der Waals surface area (Å²) in [6.45, 7) is 8.34. The third kappa shape index (κ3) is 3.93. The van der Waals surface area contributed by atoms with Crippen molar-refractivity contribution >= 4 is 28.3 Å². The molecule has 1 aromatic heterocycles. The molecule has 4 rings (SSSR count). The van der Waals surface area contributed by atoms with Crippen molar-refractivity contribution in [2.75, 3.05) is 50.1 Å². The van der Waals surface area contributed by atoms with Gasteiger partial charge in [0.1, 0.15) is 11.3 Å². The number of aryl methyl sites for hydroxylation is 1. The monoisotopic (exact) mass is 393 g/mol. The van der Waals surface area contributed by atoms with Gasteiger partial charge in [0, 0.05) is 37.1 Å². The lowest BCUT2D eigenvalue weighted by molar-refractivity contribution is 0.0998. The van der Waals surface area contributed by atoms with Crippen LogP contribution in [0.5, 0.6) is 5.75 Å². The van der Waals surface area contributed by atoms with Crippen molar-refractivity contribution in [2.24, 2.45) is 0 Å². The predicted octanol–water partition coefficient (Wildman–Crippen LogP) is 4.14. The van der Waals surface area contributed by atoms with Gasteiger partial charge in [0.05, 0.1) is 18.0 Å². The van der Waals surface area contributed by atoms with Gasteiger partial charge >= 0.3 is 0 Å². The van der Waals surface area contributed by atoms with E-state index in [0.717, 1.165) is 54.3 Å². The van der Waals surface area contributed by atoms with Crippen LogP contribution in [0, 0.1) is 6.92 Å². The molecule has 0 radical (unpaired) electrons. The van der Waals surface area contributed by atoms with Crippen molar-refractivity contribution in [3.05, 3.63) is 53.8 Å². The Hall–Kier alpha value is -2.99. The zero-order chi connectivity index (χ0) is 20.4. The summed E-state index contributed by atoms with van der Waals surface area (Å²) in [6, 6.07) is 13.6. The van der Waals surface area contributed by atoms with Crippen LogP contribution in [-0.4, -0.2) is 50.6 Å². The average Bonchev–Trinajstić information content (AvgIpc) is 3.06. The van der Waals surface area contributed by atoms with E-state index in [1.165, 1.54) is 0 Å². The Morgan fingerprint density at radius 3 is 2.66 bits per heavy atom. The van der Waals surface area contributed by atoms with Gasteiger partial charge in [0.2, 0.25) is 0 Å². The number of carbonyl (C=O) groups excluding carboxylic acids is 1. The highest BCUT2D eigenvalue weighted by Gasteiger charge is 2.21. The Bertz CT molecular complexity index is 1020. The lowest BCUT2D eigenvalue weighted by atomic mass is 10.1. The predicted molar refractivity (Wildman–Crippen MR) is 116 cm³/mol. The number of rotatable bonds is 5. The fourth-order valence-corrected chi connectivity index (χ4v) is 3.75. The van der Waals surface area contributed by atoms with Crippen molar-refractivity contribution in [1.82, 2.24) is 4.90 Å². The first kappa shape index (κ1) is 19.3. The molecule has 1 fully saturated rings. The molecule has 1 amide bonds. The highest BCUT2D eigenvalue weighted by Crippen LogP contribution is 2.31. The number of furan rings is 1. The molecule has 1 N–H and O–H groups in total. The summed E-state index contributed by atoms with van der Waals surface area (Å²) in [6.07, 6.45) is 0. The molecule has 2 aromatic carbocycles. The van der Waals surface area contributed by atoms with E-state index < -0.39 is 0 Å². The van der Waals surface area contributed by atoms with Gasteiger partial charge in [-0.25, -0.2) is 0 Å². The summed E-state index contributed by atoms with van der Waals surface area (Å²) < 4.78 is 11.5. The number of para-hydroxylation sites is 2. The molecule has 29 heavy (non-hydrogen) atoms. The Kier molecular flexibility index (Phi) is 5.45. The molecule has 2 heterocycles. The third-order valence-corrected chi connectivity index (χ3v) is 5.42. The lowest BCUT2D eigenvalue weighted by Gasteiger charge is -2.35. The summed E-state index contributed by atoms with van der Waals surface area (Å²) in [5, 5.41) is 3.95. The van der Waals surface area contributed by atoms with Gasteiger partial charge in [0.25, 0.3) is 5.91 Å². The first-order valence-corrected chi connectivity index (χ1v) is 10.1. The number of ether oxygens (including phenoxy) is 1. The molecule has 0 unspecified atom stereocenters. The van der Waals surface area contributed by atoms with E-state index in [1.54, 1.807) is 0 Å². The number of anilines is 2. The second-order valence-corrected chi connectivity index (χ2v) is 7.41. The van der Waals surface area contributed by atoms with Crippen molar-refractivity contribution in [3.8, 4) is 5.75 Å². The van der Waals surface area contributed by atoms with E-state index in [4.69, 9.17) is 9.15 Å². The second kappa shape index (κ2) is 8.17. The third-order valence-electron chi connectivity index (χ3n) is 5.42. The van der Waals surface area contributed by atoms with Crippen molar-refractivity contribution in [2.45, 2.75) is 13.8 Å². The fourth-order valence-electron chi connectivity index (χ4n) is 3.75. The summed E-state index contributed by atoms with van der Waals surface area (Å²) in [7, 11) is 2.13. The largest absolute Gasteiger partial charge is 0.494 e. The summed E-state index contributed by atoms with van der Waals surface area (Å²) in [5.41, 5.74) is 3.35. The van der Waals surface area contributed by atoms with E-state index in [9.17, 15) is 4.79 Å². The van der Waals surface area contributed by atoms with Crippen molar-refractivity contribution in [1.29, 1.82) is 0 Å². The van der Waals surface area contributed by atoms with Gasteiger partial charge < -0.3 is 24.3 Å². The molecule has 1 aliphatic rings. The van der Waals surface area contributed by atoms with Crippen LogP contribution in [0.4, 0.5) is 11.4 Å². The average molecular weight is 393 g/mol. The van der Waals surface area contributed by atoms with Gasteiger partial charge in [-0.2, -0.15) is 0 Å². The number of fused-ring (bicyclic) bond motifs is 1.